The van der Waals surface area contributed by atoms with Crippen LogP contribution in [0.15, 0.2) is 77.8 Å². The summed E-state index contributed by atoms with van der Waals surface area (Å²) >= 11 is 0. The van der Waals surface area contributed by atoms with Crippen LogP contribution >= 0.6 is 0 Å². The van der Waals surface area contributed by atoms with Crippen molar-refractivity contribution in [2.75, 3.05) is 7.11 Å². The van der Waals surface area contributed by atoms with Crippen molar-refractivity contribution in [1.82, 2.24) is 9.78 Å². The summed E-state index contributed by atoms with van der Waals surface area (Å²) < 4.78 is 13.3. The molecule has 0 unspecified atom stereocenters. The number of hydrogen-bond acceptors (Lipinski definition) is 4. The van der Waals surface area contributed by atoms with Gasteiger partial charge in [0, 0.05) is 12.6 Å². The Morgan fingerprint density at radius 3 is 2.57 bits per heavy atom. The van der Waals surface area contributed by atoms with E-state index in [0.29, 0.717) is 5.88 Å². The number of nitrogens with zero attached hydrogens (tertiary/aromatic N) is 3. The van der Waals surface area contributed by atoms with Crippen LogP contribution in [0.3, 0.4) is 0 Å². The molecule has 0 amide bonds. The van der Waals surface area contributed by atoms with Gasteiger partial charge in [0.1, 0.15) is 11.5 Å². The van der Waals surface area contributed by atoms with Gasteiger partial charge in [-0.05, 0) is 60.0 Å². The Balaban J connectivity index is 1.60. The van der Waals surface area contributed by atoms with Gasteiger partial charge < -0.3 is 9.47 Å². The Hall–Kier alpha value is -3.86. The molecule has 0 N–H and O–H groups in total. The summed E-state index contributed by atoms with van der Waals surface area (Å²) in [6.07, 6.45) is 2.58. The van der Waals surface area contributed by atoms with Crippen LogP contribution in [-0.4, -0.2) is 23.1 Å². The minimum Gasteiger partial charge on any atom is -0.497 e. The van der Waals surface area contributed by atoms with Crippen molar-refractivity contribution in [3.8, 4) is 23.1 Å². The van der Waals surface area contributed by atoms with Crippen LogP contribution in [0.1, 0.15) is 22.3 Å². The third-order valence-electron chi connectivity index (χ3n) is 5.23. The van der Waals surface area contributed by atoms with Crippen molar-refractivity contribution in [1.29, 1.82) is 0 Å². The molecule has 30 heavy (non-hydrogen) atoms. The lowest BCUT2D eigenvalue weighted by molar-refractivity contribution is 0.415. The summed E-state index contributed by atoms with van der Waals surface area (Å²) in [5.41, 5.74) is 5.17. The molecule has 0 fully saturated rings. The van der Waals surface area contributed by atoms with Gasteiger partial charge in [-0.2, -0.15) is 0 Å². The van der Waals surface area contributed by atoms with Crippen molar-refractivity contribution in [2.24, 2.45) is 4.99 Å². The number of fused-ring (bicyclic) bond motifs is 2. The van der Waals surface area contributed by atoms with Crippen molar-refractivity contribution >= 4 is 12.0 Å². The maximum Gasteiger partial charge on any atom is 0.244 e. The molecule has 0 radical (unpaired) electrons. The highest BCUT2D eigenvalue weighted by atomic mass is 16.5. The molecule has 0 atom stereocenters. The monoisotopic (exact) mass is 395 g/mol. The summed E-state index contributed by atoms with van der Waals surface area (Å²) in [6.45, 7) is 2.06. The summed E-state index contributed by atoms with van der Waals surface area (Å²) in [4.78, 5) is 4.83. The van der Waals surface area contributed by atoms with Crippen LogP contribution < -0.4 is 9.47 Å². The third-order valence-corrected chi connectivity index (χ3v) is 5.23. The van der Waals surface area contributed by atoms with Crippen molar-refractivity contribution in [3.63, 3.8) is 0 Å². The Kier molecular flexibility index (Phi) is 4.56. The molecule has 1 aromatic heterocycles. The first kappa shape index (κ1) is 18.2. The van der Waals surface area contributed by atoms with Crippen LogP contribution in [-0.2, 0) is 6.42 Å². The maximum absolute atomic E-state index is 6.21. The second-order valence-electron chi connectivity index (χ2n) is 7.23. The normalized spacial score (nSPS) is 12.3. The number of ether oxygens (including phenoxy) is 2. The Morgan fingerprint density at radius 1 is 1.00 bits per heavy atom. The molecule has 5 heteroatoms. The lowest BCUT2D eigenvalue weighted by Crippen LogP contribution is -2.03. The highest BCUT2D eigenvalue weighted by molar-refractivity contribution is 5.82. The number of aliphatic imine (C=N–C) groups is 1. The van der Waals surface area contributed by atoms with E-state index < -0.39 is 0 Å². The molecule has 1 aliphatic heterocycles. The standard InChI is InChI=1S/C25H21N3O2/c1-17-7-6-8-19-15-22-24(26-16-18-11-13-21(29-2)14-12-18)28(20-9-4-3-5-10-20)27-25(22)30-23(17)19/h3-14,16H,15H2,1-2H3. The van der Waals surface area contributed by atoms with Crippen LogP contribution in [0.5, 0.6) is 17.4 Å². The summed E-state index contributed by atoms with van der Waals surface area (Å²) in [6, 6.07) is 24.0. The fourth-order valence-corrected chi connectivity index (χ4v) is 3.65. The van der Waals surface area contributed by atoms with E-state index in [2.05, 4.69) is 25.1 Å². The second-order valence-corrected chi connectivity index (χ2v) is 7.23. The van der Waals surface area contributed by atoms with Gasteiger partial charge in [-0.1, -0.05) is 36.4 Å². The molecule has 2 heterocycles. The van der Waals surface area contributed by atoms with Crippen molar-refractivity contribution in [3.05, 3.63) is 95.1 Å². The van der Waals surface area contributed by atoms with Gasteiger partial charge >= 0.3 is 0 Å². The zero-order valence-corrected chi connectivity index (χ0v) is 16.9. The highest BCUT2D eigenvalue weighted by Crippen LogP contribution is 2.42. The molecule has 0 saturated heterocycles. The predicted octanol–water partition coefficient (Wildman–Crippen LogP) is 5.64. The van der Waals surface area contributed by atoms with E-state index in [1.54, 1.807) is 7.11 Å². The van der Waals surface area contributed by atoms with Gasteiger partial charge in [0.25, 0.3) is 0 Å². The zero-order valence-electron chi connectivity index (χ0n) is 16.9. The smallest absolute Gasteiger partial charge is 0.244 e. The molecule has 1 aliphatic rings. The minimum atomic E-state index is 0.613. The Morgan fingerprint density at radius 2 is 1.80 bits per heavy atom. The van der Waals surface area contributed by atoms with Crippen LogP contribution in [0, 0.1) is 6.92 Å². The number of methoxy groups -OCH3 is 1. The number of aryl methyl sites for hydroxylation is 1. The molecule has 0 saturated carbocycles. The van der Waals surface area contributed by atoms with Gasteiger partial charge in [-0.3, -0.25) is 0 Å². The quantitative estimate of drug-likeness (QED) is 0.370. The second kappa shape index (κ2) is 7.52. The lowest BCUT2D eigenvalue weighted by Gasteiger charge is -2.17. The first-order valence-electron chi connectivity index (χ1n) is 9.85. The number of para-hydroxylation sites is 2. The Labute approximate surface area is 175 Å². The number of rotatable bonds is 4. The molecule has 0 spiro atoms. The molecule has 4 aromatic rings. The topological polar surface area (TPSA) is 48.6 Å². The molecule has 5 rings (SSSR count). The van der Waals surface area contributed by atoms with E-state index in [0.717, 1.165) is 51.7 Å². The molecule has 0 aliphatic carbocycles. The van der Waals surface area contributed by atoms with Crippen molar-refractivity contribution in [2.45, 2.75) is 13.3 Å². The molecular weight excluding hydrogens is 374 g/mol. The summed E-state index contributed by atoms with van der Waals surface area (Å²) in [5.74, 6) is 3.11. The molecule has 0 bridgehead atoms. The highest BCUT2D eigenvalue weighted by Gasteiger charge is 2.27. The number of benzene rings is 3. The zero-order chi connectivity index (χ0) is 20.5. The molecule has 148 valence electrons. The average molecular weight is 395 g/mol. The predicted molar refractivity (Wildman–Crippen MR) is 118 cm³/mol. The van der Waals surface area contributed by atoms with Gasteiger partial charge in [0.2, 0.25) is 5.88 Å². The molecule has 3 aromatic carbocycles. The molecular formula is C25H21N3O2. The van der Waals surface area contributed by atoms with Gasteiger partial charge in [-0.25, -0.2) is 9.67 Å². The van der Waals surface area contributed by atoms with E-state index in [-0.39, 0.29) is 0 Å². The third kappa shape index (κ3) is 3.24. The SMILES string of the molecule is COc1ccc(C=Nc2c3c(nn2-c2ccccc2)Oc2c(C)cccc2C3)cc1. The summed E-state index contributed by atoms with van der Waals surface area (Å²) in [7, 11) is 1.66. The van der Waals surface area contributed by atoms with E-state index in [1.165, 1.54) is 0 Å². The molecule has 5 nitrogen and oxygen atoms in total. The van der Waals surface area contributed by atoms with Gasteiger partial charge in [0.15, 0.2) is 5.82 Å². The van der Waals surface area contributed by atoms with Gasteiger partial charge in [0.05, 0.1) is 18.4 Å². The van der Waals surface area contributed by atoms with E-state index in [4.69, 9.17) is 19.6 Å². The minimum absolute atomic E-state index is 0.613. The van der Waals surface area contributed by atoms with Crippen LogP contribution in [0.25, 0.3) is 5.69 Å². The fraction of sp³-hybridized carbons (Fsp3) is 0.120. The van der Waals surface area contributed by atoms with E-state index in [1.807, 2.05) is 65.5 Å². The average Bonchev–Trinajstić information content (AvgIpc) is 3.15. The fourth-order valence-electron chi connectivity index (χ4n) is 3.65. The number of aromatic nitrogens is 2. The first-order valence-corrected chi connectivity index (χ1v) is 9.85. The van der Waals surface area contributed by atoms with Crippen LogP contribution in [0.2, 0.25) is 0 Å². The van der Waals surface area contributed by atoms with Crippen molar-refractivity contribution < 1.29 is 9.47 Å². The Bertz CT molecular complexity index is 1230. The maximum atomic E-state index is 6.21. The summed E-state index contributed by atoms with van der Waals surface area (Å²) in [5, 5.41) is 4.76. The number of hydrogen-bond donors (Lipinski definition) is 0. The van der Waals surface area contributed by atoms with E-state index in [9.17, 15) is 0 Å². The van der Waals surface area contributed by atoms with Gasteiger partial charge in [-0.15, -0.1) is 5.10 Å². The van der Waals surface area contributed by atoms with E-state index >= 15 is 0 Å². The van der Waals surface area contributed by atoms with Crippen LogP contribution in [0.4, 0.5) is 5.82 Å². The largest absolute Gasteiger partial charge is 0.497 e. The lowest BCUT2D eigenvalue weighted by atomic mass is 10.0. The first-order chi connectivity index (χ1) is 14.7.